The molecule has 3 N–H and O–H groups in total. The third-order valence-electron chi connectivity index (χ3n) is 2.92. The molecule has 0 fully saturated rings. The predicted molar refractivity (Wildman–Crippen MR) is 72.8 cm³/mol. The largest absolute Gasteiger partial charge is 0.496 e. The molecule has 0 spiro atoms. The highest BCUT2D eigenvalue weighted by Crippen LogP contribution is 2.33. The van der Waals surface area contributed by atoms with Gasteiger partial charge in [0.15, 0.2) is 0 Å². The average Bonchev–Trinajstić information content (AvgIpc) is 2.77. The molecule has 2 rings (SSSR count). The van der Waals surface area contributed by atoms with Crippen molar-refractivity contribution in [3.05, 3.63) is 35.3 Å². The molecule has 4 heteroatoms. The van der Waals surface area contributed by atoms with Crippen LogP contribution in [-0.4, -0.2) is 23.6 Å². The van der Waals surface area contributed by atoms with Crippen LogP contribution in [0.25, 0.3) is 11.3 Å². The Morgan fingerprint density at radius 3 is 2.78 bits per heavy atom. The molecule has 0 aliphatic carbocycles. The number of imidazole rings is 1. The first kappa shape index (κ1) is 12.6. The van der Waals surface area contributed by atoms with Crippen LogP contribution >= 0.6 is 0 Å². The molecule has 0 bridgehead atoms. The lowest BCUT2D eigenvalue weighted by atomic mass is 10.0. The predicted octanol–water partition coefficient (Wildman–Crippen LogP) is 2.20. The fourth-order valence-corrected chi connectivity index (χ4v) is 2.19. The monoisotopic (exact) mass is 245 g/mol. The highest BCUT2D eigenvalue weighted by atomic mass is 16.5. The Bertz CT molecular complexity index is 546. The van der Waals surface area contributed by atoms with Crippen LogP contribution in [0, 0.1) is 13.8 Å². The van der Waals surface area contributed by atoms with Crippen LogP contribution in [0.3, 0.4) is 0 Å². The second-order valence-electron chi connectivity index (χ2n) is 4.44. The van der Waals surface area contributed by atoms with Gasteiger partial charge in [0.05, 0.1) is 19.0 Å². The van der Waals surface area contributed by atoms with Crippen LogP contribution < -0.4 is 10.5 Å². The summed E-state index contributed by atoms with van der Waals surface area (Å²) in [5.41, 5.74) is 9.88. The summed E-state index contributed by atoms with van der Waals surface area (Å²) >= 11 is 0. The van der Waals surface area contributed by atoms with Gasteiger partial charge in [-0.2, -0.15) is 0 Å². The molecule has 1 heterocycles. The molecule has 1 aromatic carbocycles. The Morgan fingerprint density at radius 1 is 1.33 bits per heavy atom. The molecule has 2 aromatic rings. The first-order chi connectivity index (χ1) is 8.65. The van der Waals surface area contributed by atoms with E-state index in [1.165, 1.54) is 5.56 Å². The maximum Gasteiger partial charge on any atom is 0.131 e. The van der Waals surface area contributed by atoms with Crippen LogP contribution in [0.15, 0.2) is 18.3 Å². The van der Waals surface area contributed by atoms with E-state index in [0.717, 1.165) is 34.8 Å². The van der Waals surface area contributed by atoms with E-state index in [1.807, 2.05) is 13.1 Å². The van der Waals surface area contributed by atoms with Gasteiger partial charge < -0.3 is 15.5 Å². The van der Waals surface area contributed by atoms with E-state index >= 15 is 0 Å². The number of nitrogens with zero attached hydrogens (tertiary/aromatic N) is 1. The molecule has 0 amide bonds. The molecular formula is C14H19N3O. The number of rotatable bonds is 4. The Hall–Kier alpha value is -1.81. The van der Waals surface area contributed by atoms with Gasteiger partial charge in [-0.15, -0.1) is 0 Å². The maximum atomic E-state index is 5.53. The zero-order valence-electron chi connectivity index (χ0n) is 11.1. The van der Waals surface area contributed by atoms with E-state index in [2.05, 4.69) is 29.0 Å². The number of H-pyrrole nitrogens is 1. The number of nitrogens with two attached hydrogens (primary N) is 1. The van der Waals surface area contributed by atoms with Crippen molar-refractivity contribution in [1.82, 2.24) is 9.97 Å². The van der Waals surface area contributed by atoms with Crippen molar-refractivity contribution in [1.29, 1.82) is 0 Å². The van der Waals surface area contributed by atoms with Gasteiger partial charge in [-0.05, 0) is 37.6 Å². The Kier molecular flexibility index (Phi) is 3.67. The fraction of sp³-hybridized carbons (Fsp3) is 0.357. The third kappa shape index (κ3) is 2.38. The molecule has 0 atom stereocenters. The minimum absolute atomic E-state index is 0.594. The summed E-state index contributed by atoms with van der Waals surface area (Å²) in [7, 11) is 1.69. The van der Waals surface area contributed by atoms with Crippen molar-refractivity contribution in [2.45, 2.75) is 20.3 Å². The molecule has 1 aromatic heterocycles. The highest BCUT2D eigenvalue weighted by molar-refractivity contribution is 5.69. The Balaban J connectivity index is 2.48. The van der Waals surface area contributed by atoms with Gasteiger partial charge in [0.2, 0.25) is 0 Å². The van der Waals surface area contributed by atoms with Crippen molar-refractivity contribution in [3.8, 4) is 17.0 Å². The quantitative estimate of drug-likeness (QED) is 0.868. The van der Waals surface area contributed by atoms with Crippen LogP contribution in [0.5, 0.6) is 5.75 Å². The standard InChI is InChI=1S/C14H19N3O/c1-9-6-10(2)14(18-3)11(7-9)12-8-16-13(17-12)4-5-15/h6-8H,4-5,15H2,1-3H3,(H,16,17). The van der Waals surface area contributed by atoms with Crippen LogP contribution in [-0.2, 0) is 6.42 Å². The van der Waals surface area contributed by atoms with Crippen molar-refractivity contribution in [3.63, 3.8) is 0 Å². The van der Waals surface area contributed by atoms with E-state index in [4.69, 9.17) is 10.5 Å². The molecule has 96 valence electrons. The molecular weight excluding hydrogens is 226 g/mol. The summed E-state index contributed by atoms with van der Waals surface area (Å²) < 4.78 is 5.48. The van der Waals surface area contributed by atoms with Gasteiger partial charge in [-0.1, -0.05) is 6.07 Å². The Labute approximate surface area is 107 Å². The minimum atomic E-state index is 0.594. The van der Waals surface area contributed by atoms with E-state index in [9.17, 15) is 0 Å². The van der Waals surface area contributed by atoms with E-state index < -0.39 is 0 Å². The number of aromatic amines is 1. The topological polar surface area (TPSA) is 63.9 Å². The zero-order chi connectivity index (χ0) is 13.1. The van der Waals surface area contributed by atoms with Gasteiger partial charge in [-0.25, -0.2) is 4.98 Å². The SMILES string of the molecule is COc1c(C)cc(C)cc1-c1cnc(CCN)[nH]1. The van der Waals surface area contributed by atoms with Gasteiger partial charge in [-0.3, -0.25) is 0 Å². The van der Waals surface area contributed by atoms with Gasteiger partial charge in [0.1, 0.15) is 11.6 Å². The van der Waals surface area contributed by atoms with E-state index in [1.54, 1.807) is 7.11 Å². The molecule has 0 aliphatic heterocycles. The number of benzene rings is 1. The van der Waals surface area contributed by atoms with Crippen molar-refractivity contribution in [2.24, 2.45) is 5.73 Å². The second-order valence-corrected chi connectivity index (χ2v) is 4.44. The summed E-state index contributed by atoms with van der Waals surface area (Å²) in [6.07, 6.45) is 2.59. The van der Waals surface area contributed by atoms with Crippen LogP contribution in [0.2, 0.25) is 0 Å². The zero-order valence-corrected chi connectivity index (χ0v) is 11.1. The van der Waals surface area contributed by atoms with Gasteiger partial charge in [0.25, 0.3) is 0 Å². The molecule has 0 saturated carbocycles. The Morgan fingerprint density at radius 2 is 2.11 bits per heavy atom. The number of methoxy groups -OCH3 is 1. The summed E-state index contributed by atoms with van der Waals surface area (Å²) in [6, 6.07) is 4.21. The van der Waals surface area contributed by atoms with Crippen LogP contribution in [0.4, 0.5) is 0 Å². The number of hydrogen-bond donors (Lipinski definition) is 2. The summed E-state index contributed by atoms with van der Waals surface area (Å²) in [5, 5.41) is 0. The van der Waals surface area contributed by atoms with Crippen LogP contribution in [0.1, 0.15) is 17.0 Å². The summed E-state index contributed by atoms with van der Waals surface area (Å²) in [6.45, 7) is 4.72. The second kappa shape index (κ2) is 5.23. The lowest BCUT2D eigenvalue weighted by Gasteiger charge is -2.11. The van der Waals surface area contributed by atoms with Gasteiger partial charge in [0, 0.05) is 12.0 Å². The maximum absolute atomic E-state index is 5.53. The highest BCUT2D eigenvalue weighted by Gasteiger charge is 2.12. The lowest BCUT2D eigenvalue weighted by molar-refractivity contribution is 0.413. The number of nitrogens with one attached hydrogen (secondary N) is 1. The number of hydrogen-bond acceptors (Lipinski definition) is 3. The molecule has 4 nitrogen and oxygen atoms in total. The molecule has 0 unspecified atom stereocenters. The fourth-order valence-electron chi connectivity index (χ4n) is 2.19. The van der Waals surface area contributed by atoms with Gasteiger partial charge >= 0.3 is 0 Å². The molecule has 18 heavy (non-hydrogen) atoms. The van der Waals surface area contributed by atoms with Crippen molar-refractivity contribution in [2.75, 3.05) is 13.7 Å². The summed E-state index contributed by atoms with van der Waals surface area (Å²) in [4.78, 5) is 7.61. The number of aryl methyl sites for hydroxylation is 2. The normalized spacial score (nSPS) is 10.7. The van der Waals surface area contributed by atoms with Crippen molar-refractivity contribution >= 4 is 0 Å². The lowest BCUT2D eigenvalue weighted by Crippen LogP contribution is -2.03. The number of ether oxygens (including phenoxy) is 1. The van der Waals surface area contributed by atoms with E-state index in [0.29, 0.717) is 6.54 Å². The third-order valence-corrected chi connectivity index (χ3v) is 2.92. The van der Waals surface area contributed by atoms with Crippen molar-refractivity contribution < 1.29 is 4.74 Å². The number of aromatic nitrogens is 2. The smallest absolute Gasteiger partial charge is 0.131 e. The minimum Gasteiger partial charge on any atom is -0.496 e. The first-order valence-electron chi connectivity index (χ1n) is 6.05. The molecule has 0 aliphatic rings. The summed E-state index contributed by atoms with van der Waals surface area (Å²) in [5.74, 6) is 1.80. The molecule has 0 radical (unpaired) electrons. The first-order valence-corrected chi connectivity index (χ1v) is 6.05. The molecule has 0 saturated heterocycles. The average molecular weight is 245 g/mol. The van der Waals surface area contributed by atoms with E-state index in [-0.39, 0.29) is 0 Å².